The highest BCUT2D eigenvalue weighted by atomic mass is 16.2. The number of amides is 1. The summed E-state index contributed by atoms with van der Waals surface area (Å²) in [4.78, 5) is 11.5. The maximum atomic E-state index is 11.5. The Morgan fingerprint density at radius 1 is 1.33 bits per heavy atom. The van der Waals surface area contributed by atoms with Crippen LogP contribution in [-0.2, 0) is 4.79 Å². The molecule has 2 unspecified atom stereocenters. The minimum atomic E-state index is 0.183. The second-order valence-electron chi connectivity index (χ2n) is 4.94. The first kappa shape index (κ1) is 10.9. The largest absolute Gasteiger partial charge is 0.352 e. The van der Waals surface area contributed by atoms with E-state index in [1.807, 2.05) is 0 Å². The lowest BCUT2D eigenvalue weighted by molar-refractivity contribution is -0.120. The smallest absolute Gasteiger partial charge is 0.234 e. The third-order valence-corrected chi connectivity index (χ3v) is 3.70. The molecule has 2 N–H and O–H groups in total. The highest BCUT2D eigenvalue weighted by Crippen LogP contribution is 2.32. The Labute approximate surface area is 92.0 Å². The summed E-state index contributed by atoms with van der Waals surface area (Å²) in [6, 6.07) is 1.07. The molecule has 1 amide bonds. The van der Waals surface area contributed by atoms with Gasteiger partial charge in [0.15, 0.2) is 0 Å². The molecule has 2 fully saturated rings. The fraction of sp³-hybridized carbons (Fsp3) is 0.917. The molecule has 2 aliphatic carbocycles. The molecule has 0 saturated heterocycles. The standard InChI is InChI=1S/C12H22N2O/c1-2-9-7-11(9)14-12(15)8-13-10-5-3-4-6-10/h9-11,13H,2-8H2,1H3,(H,14,15). The Hall–Kier alpha value is -0.570. The monoisotopic (exact) mass is 210 g/mol. The second kappa shape index (κ2) is 4.97. The first-order valence-electron chi connectivity index (χ1n) is 6.32. The normalized spacial score (nSPS) is 30.5. The molecule has 2 saturated carbocycles. The number of hydrogen-bond acceptors (Lipinski definition) is 2. The van der Waals surface area contributed by atoms with Crippen molar-refractivity contribution in [3.05, 3.63) is 0 Å². The van der Waals surface area contributed by atoms with Gasteiger partial charge in [0.05, 0.1) is 6.54 Å². The third kappa shape index (κ3) is 3.20. The third-order valence-electron chi connectivity index (χ3n) is 3.70. The van der Waals surface area contributed by atoms with Crippen LogP contribution in [0.3, 0.4) is 0 Å². The predicted octanol–water partition coefficient (Wildman–Crippen LogP) is 1.43. The summed E-state index contributed by atoms with van der Waals surface area (Å²) in [6.45, 7) is 2.70. The van der Waals surface area contributed by atoms with Crippen molar-refractivity contribution in [3.8, 4) is 0 Å². The van der Waals surface area contributed by atoms with Gasteiger partial charge in [-0.15, -0.1) is 0 Å². The summed E-state index contributed by atoms with van der Waals surface area (Å²) < 4.78 is 0. The van der Waals surface area contributed by atoms with Gasteiger partial charge in [0.1, 0.15) is 0 Å². The van der Waals surface area contributed by atoms with Crippen LogP contribution in [0, 0.1) is 5.92 Å². The second-order valence-corrected chi connectivity index (χ2v) is 4.94. The van der Waals surface area contributed by atoms with Gasteiger partial charge in [0, 0.05) is 12.1 Å². The van der Waals surface area contributed by atoms with E-state index >= 15 is 0 Å². The summed E-state index contributed by atoms with van der Waals surface area (Å²) >= 11 is 0. The van der Waals surface area contributed by atoms with E-state index in [2.05, 4.69) is 17.6 Å². The summed E-state index contributed by atoms with van der Waals surface area (Å²) in [7, 11) is 0. The maximum absolute atomic E-state index is 11.5. The van der Waals surface area contributed by atoms with Crippen molar-refractivity contribution in [3.63, 3.8) is 0 Å². The Kier molecular flexibility index (Phi) is 3.62. The van der Waals surface area contributed by atoms with Gasteiger partial charge in [-0.3, -0.25) is 4.79 Å². The molecule has 0 heterocycles. The molecule has 0 spiro atoms. The van der Waals surface area contributed by atoms with Crippen LogP contribution in [0.4, 0.5) is 0 Å². The number of rotatable bonds is 5. The van der Waals surface area contributed by atoms with Crippen molar-refractivity contribution in [2.45, 2.75) is 57.5 Å². The molecule has 0 aliphatic heterocycles. The zero-order valence-electron chi connectivity index (χ0n) is 9.59. The van der Waals surface area contributed by atoms with E-state index in [0.29, 0.717) is 18.6 Å². The zero-order chi connectivity index (χ0) is 10.7. The molecular weight excluding hydrogens is 188 g/mol. The molecule has 0 radical (unpaired) electrons. The first-order chi connectivity index (χ1) is 7.29. The van der Waals surface area contributed by atoms with Crippen LogP contribution in [0.5, 0.6) is 0 Å². The maximum Gasteiger partial charge on any atom is 0.234 e. The van der Waals surface area contributed by atoms with Crippen LogP contribution in [0.1, 0.15) is 45.4 Å². The van der Waals surface area contributed by atoms with Gasteiger partial charge in [-0.05, 0) is 25.2 Å². The van der Waals surface area contributed by atoms with E-state index in [1.54, 1.807) is 0 Å². The van der Waals surface area contributed by atoms with Gasteiger partial charge in [0.2, 0.25) is 5.91 Å². The van der Waals surface area contributed by atoms with Gasteiger partial charge in [0.25, 0.3) is 0 Å². The minimum Gasteiger partial charge on any atom is -0.352 e. The number of hydrogen-bond donors (Lipinski definition) is 2. The molecule has 15 heavy (non-hydrogen) atoms. The highest BCUT2D eigenvalue weighted by Gasteiger charge is 2.36. The molecule has 0 bridgehead atoms. The quantitative estimate of drug-likeness (QED) is 0.721. The van der Waals surface area contributed by atoms with Gasteiger partial charge in [-0.2, -0.15) is 0 Å². The van der Waals surface area contributed by atoms with E-state index in [9.17, 15) is 4.79 Å². The molecular formula is C12H22N2O. The zero-order valence-corrected chi connectivity index (χ0v) is 9.59. The van der Waals surface area contributed by atoms with Gasteiger partial charge in [-0.1, -0.05) is 26.2 Å². The van der Waals surface area contributed by atoms with E-state index in [1.165, 1.54) is 38.5 Å². The summed E-state index contributed by atoms with van der Waals surface area (Å²) in [5, 5.41) is 6.41. The average molecular weight is 210 g/mol. The van der Waals surface area contributed by atoms with E-state index < -0.39 is 0 Å². The lowest BCUT2D eigenvalue weighted by Gasteiger charge is -2.11. The Morgan fingerprint density at radius 2 is 2.07 bits per heavy atom. The lowest BCUT2D eigenvalue weighted by atomic mass is 10.2. The van der Waals surface area contributed by atoms with Crippen LogP contribution in [-0.4, -0.2) is 24.5 Å². The summed E-state index contributed by atoms with van der Waals surface area (Å²) in [5.74, 6) is 0.934. The van der Waals surface area contributed by atoms with Gasteiger partial charge < -0.3 is 10.6 Å². The van der Waals surface area contributed by atoms with Crippen molar-refractivity contribution in [2.24, 2.45) is 5.92 Å². The number of nitrogens with one attached hydrogen (secondary N) is 2. The van der Waals surface area contributed by atoms with Crippen molar-refractivity contribution in [2.75, 3.05) is 6.54 Å². The fourth-order valence-corrected chi connectivity index (χ4v) is 2.50. The number of carbonyl (C=O) groups is 1. The Bertz CT molecular complexity index is 224. The van der Waals surface area contributed by atoms with E-state index in [4.69, 9.17) is 0 Å². The van der Waals surface area contributed by atoms with Crippen LogP contribution < -0.4 is 10.6 Å². The minimum absolute atomic E-state index is 0.183. The molecule has 3 heteroatoms. The summed E-state index contributed by atoms with van der Waals surface area (Å²) in [5.41, 5.74) is 0. The van der Waals surface area contributed by atoms with Crippen molar-refractivity contribution < 1.29 is 4.79 Å². The molecule has 2 aliphatic rings. The van der Waals surface area contributed by atoms with Crippen molar-refractivity contribution in [1.82, 2.24) is 10.6 Å². The first-order valence-corrected chi connectivity index (χ1v) is 6.32. The van der Waals surface area contributed by atoms with Crippen LogP contribution in [0.2, 0.25) is 0 Å². The van der Waals surface area contributed by atoms with Gasteiger partial charge in [-0.25, -0.2) is 0 Å². The van der Waals surface area contributed by atoms with E-state index in [0.717, 1.165) is 5.92 Å². The van der Waals surface area contributed by atoms with Crippen LogP contribution in [0.25, 0.3) is 0 Å². The molecule has 86 valence electrons. The van der Waals surface area contributed by atoms with Crippen LogP contribution >= 0.6 is 0 Å². The molecule has 3 nitrogen and oxygen atoms in total. The number of carbonyl (C=O) groups excluding carboxylic acids is 1. The van der Waals surface area contributed by atoms with E-state index in [-0.39, 0.29) is 5.91 Å². The Morgan fingerprint density at radius 3 is 2.67 bits per heavy atom. The lowest BCUT2D eigenvalue weighted by Crippen LogP contribution is -2.39. The topological polar surface area (TPSA) is 41.1 Å². The predicted molar refractivity (Wildman–Crippen MR) is 60.6 cm³/mol. The van der Waals surface area contributed by atoms with Gasteiger partial charge >= 0.3 is 0 Å². The molecule has 0 aromatic heterocycles. The molecule has 2 atom stereocenters. The molecule has 2 rings (SSSR count). The highest BCUT2D eigenvalue weighted by molar-refractivity contribution is 5.78. The Balaban J connectivity index is 1.56. The SMILES string of the molecule is CCC1CC1NC(=O)CNC1CCCC1. The summed E-state index contributed by atoms with van der Waals surface area (Å²) in [6.07, 6.45) is 7.51. The average Bonchev–Trinajstić information content (AvgIpc) is 2.78. The van der Waals surface area contributed by atoms with Crippen molar-refractivity contribution >= 4 is 5.91 Å². The molecule has 0 aromatic carbocycles. The molecule has 0 aromatic rings. The van der Waals surface area contributed by atoms with Crippen LogP contribution in [0.15, 0.2) is 0 Å². The fourth-order valence-electron chi connectivity index (χ4n) is 2.50. The van der Waals surface area contributed by atoms with Crippen molar-refractivity contribution in [1.29, 1.82) is 0 Å².